The number of para-hydroxylation sites is 2. The maximum Gasteiger partial charge on any atom is 0.299 e. The van der Waals surface area contributed by atoms with Gasteiger partial charge in [0.2, 0.25) is 0 Å². The van der Waals surface area contributed by atoms with Crippen LogP contribution in [0.25, 0.3) is 0 Å². The Kier molecular flexibility index (Phi) is 5.83. The van der Waals surface area contributed by atoms with E-state index < -0.39 is 5.91 Å². The minimum absolute atomic E-state index is 0.385. The Balaban J connectivity index is 1.11. The zero-order valence-electron chi connectivity index (χ0n) is 19.6. The van der Waals surface area contributed by atoms with E-state index in [4.69, 9.17) is 11.6 Å². The molecule has 3 aromatic carbocycles. The number of rotatable bonds is 6. The first-order chi connectivity index (χ1) is 17.1. The number of likely N-dealkylation sites (tertiary alicyclic amines) is 1. The normalized spacial score (nSPS) is 21.3. The average Bonchev–Trinajstić information content (AvgIpc) is 3.33. The second-order valence-corrected chi connectivity index (χ2v) is 10.1. The molecule has 0 aromatic heterocycles. The van der Waals surface area contributed by atoms with Gasteiger partial charge in [0.1, 0.15) is 0 Å². The fraction of sp³-hybridized carbons (Fsp3) is 0.310. The molecule has 1 fully saturated rings. The van der Waals surface area contributed by atoms with Gasteiger partial charge in [0.05, 0.1) is 11.3 Å². The molecule has 6 heteroatoms. The summed E-state index contributed by atoms with van der Waals surface area (Å²) in [5.41, 5.74) is 5.13. The molecule has 0 aliphatic carbocycles. The Hall–Kier alpha value is -3.15. The van der Waals surface area contributed by atoms with E-state index >= 15 is 0 Å². The van der Waals surface area contributed by atoms with Crippen LogP contribution in [-0.2, 0) is 4.79 Å². The number of hydrogen-bond acceptors (Lipinski definition) is 4. The van der Waals surface area contributed by atoms with Crippen molar-refractivity contribution in [3.63, 3.8) is 0 Å². The van der Waals surface area contributed by atoms with E-state index in [-0.39, 0.29) is 5.78 Å². The lowest BCUT2D eigenvalue weighted by molar-refractivity contribution is -0.114. The van der Waals surface area contributed by atoms with Crippen LogP contribution in [0.4, 0.5) is 17.1 Å². The summed E-state index contributed by atoms with van der Waals surface area (Å²) >= 11 is 6.42. The van der Waals surface area contributed by atoms with Gasteiger partial charge >= 0.3 is 0 Å². The van der Waals surface area contributed by atoms with Gasteiger partial charge in [-0.25, -0.2) is 0 Å². The number of benzene rings is 3. The largest absolute Gasteiger partial charge is 0.337 e. The molecule has 3 aliphatic heterocycles. The minimum Gasteiger partial charge on any atom is -0.337 e. The number of amides is 1. The molecule has 6 rings (SSSR count). The summed E-state index contributed by atoms with van der Waals surface area (Å²) in [6.45, 7) is 3.63. The van der Waals surface area contributed by atoms with Crippen molar-refractivity contribution in [3.8, 4) is 0 Å². The summed E-state index contributed by atoms with van der Waals surface area (Å²) in [7, 11) is 0. The molecule has 0 saturated carbocycles. The zero-order valence-corrected chi connectivity index (χ0v) is 20.3. The van der Waals surface area contributed by atoms with E-state index in [0.717, 1.165) is 49.6 Å². The molecule has 1 amide bonds. The molecule has 5 nitrogen and oxygen atoms in total. The van der Waals surface area contributed by atoms with Gasteiger partial charge in [0.25, 0.3) is 11.7 Å². The number of hydrogen-bond donors (Lipinski definition) is 0. The SMILES string of the molecule is O=C1C(=O)N(CCCCN2CCC3C(C2)c2cc(Cl)ccc2N3c2ccccc2)c2ccccc21. The van der Waals surface area contributed by atoms with Gasteiger partial charge in [-0.1, -0.05) is 41.9 Å². The van der Waals surface area contributed by atoms with Gasteiger partial charge in [-0.3, -0.25) is 9.59 Å². The second-order valence-electron chi connectivity index (χ2n) is 9.68. The molecule has 2 atom stereocenters. The second kappa shape index (κ2) is 9.14. The Morgan fingerprint density at radius 3 is 2.49 bits per heavy atom. The maximum atomic E-state index is 12.4. The Morgan fingerprint density at radius 2 is 1.63 bits per heavy atom. The topological polar surface area (TPSA) is 43.9 Å². The average molecular weight is 486 g/mol. The molecule has 0 N–H and O–H groups in total. The first kappa shape index (κ1) is 22.3. The van der Waals surface area contributed by atoms with Crippen LogP contribution in [0, 0.1) is 0 Å². The molecule has 3 aromatic rings. The summed E-state index contributed by atoms with van der Waals surface area (Å²) in [4.78, 5) is 31.4. The van der Waals surface area contributed by atoms with Crippen molar-refractivity contribution in [2.24, 2.45) is 0 Å². The fourth-order valence-electron chi connectivity index (χ4n) is 6.04. The van der Waals surface area contributed by atoms with E-state index in [1.807, 2.05) is 24.3 Å². The molecule has 2 unspecified atom stereocenters. The third-order valence-electron chi connectivity index (χ3n) is 7.66. The van der Waals surface area contributed by atoms with Crippen molar-refractivity contribution in [2.45, 2.75) is 31.2 Å². The lowest BCUT2D eigenvalue weighted by atomic mass is 9.89. The predicted octanol–water partition coefficient (Wildman–Crippen LogP) is 5.66. The molecule has 178 valence electrons. The quantitative estimate of drug-likeness (QED) is 0.334. The summed E-state index contributed by atoms with van der Waals surface area (Å²) in [5, 5.41) is 0.791. The summed E-state index contributed by atoms with van der Waals surface area (Å²) in [5.74, 6) is -0.362. The molecule has 1 saturated heterocycles. The number of halogens is 1. The summed E-state index contributed by atoms with van der Waals surface area (Å²) < 4.78 is 0. The predicted molar refractivity (Wildman–Crippen MR) is 140 cm³/mol. The number of nitrogens with zero attached hydrogens (tertiary/aromatic N) is 3. The van der Waals surface area contributed by atoms with E-state index in [1.165, 1.54) is 16.9 Å². The molecular formula is C29H28ClN3O2. The Bertz CT molecular complexity index is 1280. The molecule has 0 spiro atoms. The number of ketones is 1. The number of anilines is 3. The Morgan fingerprint density at radius 1 is 0.857 bits per heavy atom. The van der Waals surface area contributed by atoms with Gasteiger partial charge in [-0.05, 0) is 73.8 Å². The van der Waals surface area contributed by atoms with Crippen LogP contribution in [0.3, 0.4) is 0 Å². The molecular weight excluding hydrogens is 458 g/mol. The van der Waals surface area contributed by atoms with E-state index in [9.17, 15) is 9.59 Å². The molecule has 35 heavy (non-hydrogen) atoms. The van der Waals surface area contributed by atoms with Crippen molar-refractivity contribution in [2.75, 3.05) is 36.0 Å². The van der Waals surface area contributed by atoms with Crippen molar-refractivity contribution in [3.05, 3.63) is 88.9 Å². The van der Waals surface area contributed by atoms with Crippen LogP contribution < -0.4 is 9.80 Å². The van der Waals surface area contributed by atoms with Gasteiger partial charge in [0, 0.05) is 48.0 Å². The van der Waals surface area contributed by atoms with Crippen molar-refractivity contribution in [1.82, 2.24) is 4.90 Å². The van der Waals surface area contributed by atoms with E-state index in [2.05, 4.69) is 52.3 Å². The molecule has 3 aliphatic rings. The van der Waals surface area contributed by atoms with Crippen LogP contribution in [0.15, 0.2) is 72.8 Å². The third-order valence-corrected chi connectivity index (χ3v) is 7.90. The number of Topliss-reactive ketones (excluding diaryl/α,β-unsaturated/α-hetero) is 1. The highest BCUT2D eigenvalue weighted by Gasteiger charge is 2.42. The van der Waals surface area contributed by atoms with Crippen molar-refractivity contribution >= 4 is 40.4 Å². The lowest BCUT2D eigenvalue weighted by Crippen LogP contribution is -2.45. The van der Waals surface area contributed by atoms with Crippen LogP contribution >= 0.6 is 11.6 Å². The first-order valence-electron chi connectivity index (χ1n) is 12.4. The number of carbonyl (C=O) groups excluding carboxylic acids is 2. The number of piperidine rings is 1. The Labute approximate surface area is 210 Å². The standard InChI is InChI=1S/C29H28ClN3O2/c30-20-12-13-26-23(18-20)24-19-31(17-14-27(24)33(26)21-8-2-1-3-9-21)15-6-7-16-32-25-11-5-4-10-22(25)28(34)29(32)35/h1-5,8-13,18,24,27H,6-7,14-17,19H2. The van der Waals surface area contributed by atoms with Gasteiger partial charge in [-0.2, -0.15) is 0 Å². The lowest BCUT2D eigenvalue weighted by Gasteiger charge is -2.39. The highest BCUT2D eigenvalue weighted by Crippen LogP contribution is 2.49. The monoisotopic (exact) mass is 485 g/mol. The number of fused-ring (bicyclic) bond motifs is 4. The number of unbranched alkanes of at least 4 members (excludes halogenated alkanes) is 1. The van der Waals surface area contributed by atoms with Crippen molar-refractivity contribution in [1.29, 1.82) is 0 Å². The molecule has 0 bridgehead atoms. The highest BCUT2D eigenvalue weighted by molar-refractivity contribution is 6.52. The molecule has 0 radical (unpaired) electrons. The van der Waals surface area contributed by atoms with Crippen LogP contribution in [0.1, 0.15) is 41.1 Å². The number of carbonyl (C=O) groups is 2. The van der Waals surface area contributed by atoms with Crippen LogP contribution in [0.5, 0.6) is 0 Å². The minimum atomic E-state index is -0.396. The fourth-order valence-corrected chi connectivity index (χ4v) is 6.22. The summed E-state index contributed by atoms with van der Waals surface area (Å²) in [6.07, 6.45) is 2.96. The van der Waals surface area contributed by atoms with E-state index in [0.29, 0.717) is 24.1 Å². The van der Waals surface area contributed by atoms with Crippen molar-refractivity contribution < 1.29 is 9.59 Å². The first-order valence-corrected chi connectivity index (χ1v) is 12.8. The van der Waals surface area contributed by atoms with Crippen LogP contribution in [0.2, 0.25) is 5.02 Å². The van der Waals surface area contributed by atoms with E-state index in [1.54, 1.807) is 11.0 Å². The zero-order chi connectivity index (χ0) is 23.9. The van der Waals surface area contributed by atoms with Gasteiger partial charge in [-0.15, -0.1) is 0 Å². The maximum absolute atomic E-state index is 12.4. The summed E-state index contributed by atoms with van der Waals surface area (Å²) in [6, 6.07) is 24.7. The van der Waals surface area contributed by atoms with Gasteiger partial charge < -0.3 is 14.7 Å². The third kappa shape index (κ3) is 3.93. The van der Waals surface area contributed by atoms with Crippen LogP contribution in [-0.4, -0.2) is 48.8 Å². The highest BCUT2D eigenvalue weighted by atomic mass is 35.5. The molecule has 3 heterocycles. The van der Waals surface area contributed by atoms with Gasteiger partial charge in [0.15, 0.2) is 0 Å². The smallest absolute Gasteiger partial charge is 0.299 e.